The molecule has 24 heavy (non-hydrogen) atoms. The van der Waals surface area contributed by atoms with Crippen LogP contribution in [0, 0.1) is 6.92 Å². The summed E-state index contributed by atoms with van der Waals surface area (Å²) in [6.45, 7) is 8.02. The number of rotatable bonds is 5. The highest BCUT2D eigenvalue weighted by molar-refractivity contribution is 7.87. The molecule has 0 N–H and O–H groups in total. The molecule has 2 aromatic carbocycles. The predicted octanol–water partition coefficient (Wildman–Crippen LogP) is 5.19. The summed E-state index contributed by atoms with van der Waals surface area (Å²) in [4.78, 5) is 0.113. The van der Waals surface area contributed by atoms with Crippen molar-refractivity contribution in [1.82, 2.24) is 0 Å². The van der Waals surface area contributed by atoms with E-state index in [0.29, 0.717) is 10.2 Å². The van der Waals surface area contributed by atoms with Gasteiger partial charge in [0, 0.05) is 10.2 Å². The summed E-state index contributed by atoms with van der Waals surface area (Å²) in [6.07, 6.45) is 0. The third-order valence-corrected chi connectivity index (χ3v) is 8.05. The van der Waals surface area contributed by atoms with Crippen LogP contribution in [0.15, 0.2) is 64.1 Å². The van der Waals surface area contributed by atoms with E-state index < -0.39 is 18.2 Å². The van der Waals surface area contributed by atoms with Gasteiger partial charge in [-0.1, -0.05) is 79.3 Å². The summed E-state index contributed by atoms with van der Waals surface area (Å²) in [5.74, 6) is 0.219. The normalized spacial score (nSPS) is 13.4. The molecule has 0 saturated carbocycles. The highest BCUT2D eigenvalue weighted by Gasteiger charge is 2.28. The first-order valence-corrected chi connectivity index (χ1v) is 12.9. The van der Waals surface area contributed by atoms with E-state index in [4.69, 9.17) is 15.8 Å². The predicted molar refractivity (Wildman–Crippen MR) is 102 cm³/mol. The van der Waals surface area contributed by atoms with E-state index in [9.17, 15) is 8.42 Å². The van der Waals surface area contributed by atoms with E-state index in [-0.39, 0.29) is 10.7 Å². The number of benzene rings is 2. The zero-order chi connectivity index (χ0) is 18.0. The maximum absolute atomic E-state index is 12.7. The average molecular weight is 381 g/mol. The minimum absolute atomic E-state index is 0.113. The van der Waals surface area contributed by atoms with Crippen LogP contribution in [-0.2, 0) is 14.3 Å². The Kier molecular flexibility index (Phi) is 5.58. The SMILES string of the molecule is Cc1ccc(S(=O)(=O)O/C(=C(/Cl)[Si](C)(C)C)c2ccccc2)cc1. The van der Waals surface area contributed by atoms with Gasteiger partial charge in [0.25, 0.3) is 0 Å². The molecule has 0 atom stereocenters. The van der Waals surface area contributed by atoms with Crippen molar-refractivity contribution in [2.75, 3.05) is 0 Å². The zero-order valence-electron chi connectivity index (χ0n) is 14.2. The second-order valence-corrected chi connectivity index (χ2v) is 13.9. The molecule has 0 radical (unpaired) electrons. The monoisotopic (exact) mass is 380 g/mol. The number of hydrogen-bond donors (Lipinski definition) is 0. The van der Waals surface area contributed by atoms with Gasteiger partial charge in [-0.15, -0.1) is 0 Å². The van der Waals surface area contributed by atoms with Crippen molar-refractivity contribution < 1.29 is 12.6 Å². The highest BCUT2D eigenvalue weighted by Crippen LogP contribution is 2.32. The molecular weight excluding hydrogens is 360 g/mol. The molecule has 0 aromatic heterocycles. The lowest BCUT2D eigenvalue weighted by Gasteiger charge is -2.20. The van der Waals surface area contributed by atoms with Gasteiger partial charge in [-0.3, -0.25) is 0 Å². The molecule has 0 fully saturated rings. The van der Waals surface area contributed by atoms with E-state index in [1.165, 1.54) is 12.1 Å². The number of aryl methyl sites for hydroxylation is 1. The molecule has 6 heteroatoms. The first kappa shape index (κ1) is 18.8. The minimum atomic E-state index is -3.95. The smallest absolute Gasteiger partial charge is 0.339 e. The minimum Gasteiger partial charge on any atom is -0.378 e. The lowest BCUT2D eigenvalue weighted by atomic mass is 10.2. The van der Waals surface area contributed by atoms with Gasteiger partial charge in [-0.2, -0.15) is 8.42 Å². The summed E-state index contributed by atoms with van der Waals surface area (Å²) in [5, 5.41) is 0. The van der Waals surface area contributed by atoms with Gasteiger partial charge in [-0.05, 0) is 19.1 Å². The van der Waals surface area contributed by atoms with Gasteiger partial charge in [0.1, 0.15) is 4.90 Å². The molecule has 0 bridgehead atoms. The summed E-state index contributed by atoms with van der Waals surface area (Å²) in [5.41, 5.74) is 1.63. The summed E-state index contributed by atoms with van der Waals surface area (Å²) >= 11 is 6.53. The van der Waals surface area contributed by atoms with E-state index in [1.54, 1.807) is 24.3 Å². The second-order valence-electron chi connectivity index (χ2n) is 6.61. The van der Waals surface area contributed by atoms with Crippen LogP contribution in [0.5, 0.6) is 0 Å². The van der Waals surface area contributed by atoms with Crippen molar-refractivity contribution >= 4 is 35.6 Å². The Hall–Kier alpha value is -1.56. The van der Waals surface area contributed by atoms with Crippen LogP contribution in [0.4, 0.5) is 0 Å². The Labute approximate surface area is 150 Å². The molecule has 3 nitrogen and oxygen atoms in total. The zero-order valence-corrected chi connectivity index (χ0v) is 16.8. The molecule has 0 aliphatic carbocycles. The molecule has 0 amide bonds. The topological polar surface area (TPSA) is 43.4 Å². The van der Waals surface area contributed by atoms with Crippen molar-refractivity contribution in [3.05, 3.63) is 70.4 Å². The maximum atomic E-state index is 12.7. The van der Waals surface area contributed by atoms with Gasteiger partial charge >= 0.3 is 10.1 Å². The molecule has 2 rings (SSSR count). The molecule has 0 aliphatic heterocycles. The van der Waals surface area contributed by atoms with E-state index in [2.05, 4.69) is 0 Å². The van der Waals surface area contributed by atoms with Crippen molar-refractivity contribution in [3.8, 4) is 0 Å². The fourth-order valence-corrected chi connectivity index (χ4v) is 4.11. The third-order valence-electron chi connectivity index (χ3n) is 3.40. The third kappa shape index (κ3) is 4.50. The van der Waals surface area contributed by atoms with Crippen LogP contribution in [-0.4, -0.2) is 16.5 Å². The van der Waals surface area contributed by atoms with Crippen LogP contribution in [0.25, 0.3) is 5.76 Å². The Morgan fingerprint density at radius 3 is 2.00 bits per heavy atom. The lowest BCUT2D eigenvalue weighted by Crippen LogP contribution is -2.23. The van der Waals surface area contributed by atoms with Gasteiger partial charge in [0.05, 0.1) is 8.07 Å². The van der Waals surface area contributed by atoms with E-state index >= 15 is 0 Å². The average Bonchev–Trinajstić information content (AvgIpc) is 2.52. The Bertz CT molecular complexity index is 836. The van der Waals surface area contributed by atoms with Crippen molar-refractivity contribution in [2.24, 2.45) is 0 Å². The maximum Gasteiger partial charge on any atom is 0.339 e. The molecule has 128 valence electrons. The number of halogens is 1. The van der Waals surface area contributed by atoms with Crippen molar-refractivity contribution in [1.29, 1.82) is 0 Å². The quantitative estimate of drug-likeness (QED) is 0.407. The van der Waals surface area contributed by atoms with Gasteiger partial charge in [0.15, 0.2) is 5.76 Å². The fraction of sp³-hybridized carbons (Fsp3) is 0.222. The largest absolute Gasteiger partial charge is 0.378 e. The van der Waals surface area contributed by atoms with Gasteiger partial charge < -0.3 is 4.18 Å². The van der Waals surface area contributed by atoms with Crippen LogP contribution in [0.3, 0.4) is 0 Å². The lowest BCUT2D eigenvalue weighted by molar-refractivity contribution is 0.463. The Balaban J connectivity index is 2.52. The standard InChI is InChI=1S/C18H21ClO3SSi/c1-14-10-12-16(13-11-14)23(20,21)22-17(18(19)24(2,3)4)15-8-6-5-7-9-15/h5-13H,1-4H3/b18-17-. The molecule has 0 unspecified atom stereocenters. The fourth-order valence-electron chi connectivity index (χ4n) is 2.00. The highest BCUT2D eigenvalue weighted by atomic mass is 35.5. The first-order chi connectivity index (χ1) is 11.1. The summed E-state index contributed by atoms with van der Waals surface area (Å²) < 4.78 is 31.3. The van der Waals surface area contributed by atoms with Crippen molar-refractivity contribution in [3.63, 3.8) is 0 Å². The molecule has 0 aliphatic rings. The van der Waals surface area contributed by atoms with Crippen LogP contribution in [0.2, 0.25) is 19.6 Å². The molecule has 0 spiro atoms. The van der Waals surface area contributed by atoms with E-state index in [0.717, 1.165) is 5.56 Å². The molecule has 0 saturated heterocycles. The molecule has 0 heterocycles. The molecule has 2 aromatic rings. The van der Waals surface area contributed by atoms with Crippen LogP contribution >= 0.6 is 11.6 Å². The van der Waals surface area contributed by atoms with E-state index in [1.807, 2.05) is 44.8 Å². The summed E-state index contributed by atoms with van der Waals surface area (Å²) in [6, 6.07) is 15.6. The van der Waals surface area contributed by atoms with Crippen molar-refractivity contribution in [2.45, 2.75) is 31.5 Å². The van der Waals surface area contributed by atoms with Crippen LogP contribution in [0.1, 0.15) is 11.1 Å². The Morgan fingerprint density at radius 2 is 1.50 bits per heavy atom. The van der Waals surface area contributed by atoms with Gasteiger partial charge in [-0.25, -0.2) is 0 Å². The molecular formula is C18H21ClO3SSi. The summed E-state index contributed by atoms with van der Waals surface area (Å²) in [7, 11) is -5.91. The first-order valence-electron chi connectivity index (χ1n) is 7.58. The van der Waals surface area contributed by atoms with Gasteiger partial charge in [0.2, 0.25) is 0 Å². The number of hydrogen-bond acceptors (Lipinski definition) is 3. The Morgan fingerprint density at radius 1 is 0.958 bits per heavy atom. The second kappa shape index (κ2) is 7.13. The van der Waals surface area contributed by atoms with Crippen LogP contribution < -0.4 is 0 Å².